The van der Waals surface area contributed by atoms with E-state index < -0.39 is 0 Å². The number of H-pyrrole nitrogens is 2. The molecule has 0 aliphatic rings. The fourth-order valence-electron chi connectivity index (χ4n) is 3.21. The highest BCUT2D eigenvalue weighted by Crippen LogP contribution is 2.25. The SMILES string of the molecule is O=C(Nc1ccnnc1)c1cc2ccc(Nc3ccc(-c4cn[nH]c4)cc3)cc2[nH]1. The van der Waals surface area contributed by atoms with Gasteiger partial charge in [-0.1, -0.05) is 18.2 Å². The third-order valence-corrected chi connectivity index (χ3v) is 4.71. The van der Waals surface area contributed by atoms with Gasteiger partial charge in [-0.15, -0.1) is 0 Å². The molecule has 1 amide bonds. The van der Waals surface area contributed by atoms with Crippen LogP contribution in [0, 0.1) is 0 Å². The Morgan fingerprint density at radius 1 is 0.833 bits per heavy atom. The topological polar surface area (TPSA) is 111 Å². The molecule has 146 valence electrons. The molecule has 5 rings (SSSR count). The number of nitrogens with zero attached hydrogens (tertiary/aromatic N) is 3. The number of anilines is 3. The average molecular weight is 395 g/mol. The standard InChI is InChI=1S/C22H17N7O/c30-22(28-19-7-8-23-26-13-19)21-9-15-3-6-18(10-20(15)29-21)27-17-4-1-14(2-5-17)16-11-24-25-12-16/h1-13,27,29H,(H,24,25)(H,23,28,30). The molecule has 30 heavy (non-hydrogen) atoms. The maximum absolute atomic E-state index is 12.5. The van der Waals surface area contributed by atoms with Crippen molar-refractivity contribution in [2.75, 3.05) is 10.6 Å². The van der Waals surface area contributed by atoms with Crippen LogP contribution in [0.1, 0.15) is 10.5 Å². The lowest BCUT2D eigenvalue weighted by atomic mass is 10.1. The van der Waals surface area contributed by atoms with Gasteiger partial charge in [0.15, 0.2) is 0 Å². The van der Waals surface area contributed by atoms with E-state index in [2.05, 4.69) is 36.0 Å². The Kier molecular flexibility index (Phi) is 4.41. The van der Waals surface area contributed by atoms with Crippen molar-refractivity contribution in [1.82, 2.24) is 25.4 Å². The van der Waals surface area contributed by atoms with E-state index >= 15 is 0 Å². The Labute approximate surface area is 171 Å². The van der Waals surface area contributed by atoms with Crippen molar-refractivity contribution >= 4 is 33.9 Å². The Bertz CT molecular complexity index is 1290. The second-order valence-corrected chi connectivity index (χ2v) is 6.76. The molecule has 2 aromatic carbocycles. The number of carbonyl (C=O) groups is 1. The zero-order chi connectivity index (χ0) is 20.3. The van der Waals surface area contributed by atoms with Gasteiger partial charge in [-0.05, 0) is 42.0 Å². The van der Waals surface area contributed by atoms with E-state index in [4.69, 9.17) is 0 Å². The molecule has 0 saturated heterocycles. The first-order valence-electron chi connectivity index (χ1n) is 9.32. The molecule has 0 aliphatic carbocycles. The smallest absolute Gasteiger partial charge is 0.272 e. The second kappa shape index (κ2) is 7.51. The van der Waals surface area contributed by atoms with Gasteiger partial charge in [0.2, 0.25) is 0 Å². The third kappa shape index (κ3) is 3.61. The van der Waals surface area contributed by atoms with Crippen LogP contribution < -0.4 is 10.6 Å². The Balaban J connectivity index is 1.33. The molecule has 8 nitrogen and oxygen atoms in total. The second-order valence-electron chi connectivity index (χ2n) is 6.76. The van der Waals surface area contributed by atoms with Crippen molar-refractivity contribution in [3.8, 4) is 11.1 Å². The van der Waals surface area contributed by atoms with Crippen LogP contribution in [0.3, 0.4) is 0 Å². The van der Waals surface area contributed by atoms with Crippen molar-refractivity contribution in [2.24, 2.45) is 0 Å². The summed E-state index contributed by atoms with van der Waals surface area (Å²) in [5, 5.41) is 21.4. The zero-order valence-corrected chi connectivity index (χ0v) is 15.8. The van der Waals surface area contributed by atoms with Crippen LogP contribution in [0.25, 0.3) is 22.0 Å². The van der Waals surface area contributed by atoms with Gasteiger partial charge in [-0.3, -0.25) is 9.89 Å². The number of aromatic amines is 2. The van der Waals surface area contributed by atoms with Crippen LogP contribution in [0.4, 0.5) is 17.1 Å². The minimum Gasteiger partial charge on any atom is -0.355 e. The molecule has 3 heterocycles. The van der Waals surface area contributed by atoms with E-state index in [-0.39, 0.29) is 5.91 Å². The molecule has 0 fully saturated rings. The summed E-state index contributed by atoms with van der Waals surface area (Å²) in [5.74, 6) is -0.233. The van der Waals surface area contributed by atoms with Crippen LogP contribution in [0.15, 0.2) is 79.4 Å². The summed E-state index contributed by atoms with van der Waals surface area (Å²) in [7, 11) is 0. The highest BCUT2D eigenvalue weighted by molar-refractivity contribution is 6.06. The summed E-state index contributed by atoms with van der Waals surface area (Å²) in [6.07, 6.45) is 6.68. The number of carbonyl (C=O) groups excluding carboxylic acids is 1. The molecule has 8 heteroatoms. The van der Waals surface area contributed by atoms with Crippen molar-refractivity contribution < 1.29 is 4.79 Å². The van der Waals surface area contributed by atoms with Crippen molar-refractivity contribution in [3.63, 3.8) is 0 Å². The lowest BCUT2D eigenvalue weighted by Crippen LogP contribution is -2.12. The summed E-state index contributed by atoms with van der Waals surface area (Å²) in [6, 6.07) is 17.5. The van der Waals surface area contributed by atoms with E-state index in [9.17, 15) is 4.79 Å². The maximum atomic E-state index is 12.5. The first-order valence-corrected chi connectivity index (χ1v) is 9.32. The number of aromatic nitrogens is 5. The minimum absolute atomic E-state index is 0.233. The van der Waals surface area contributed by atoms with Gasteiger partial charge in [-0.2, -0.15) is 15.3 Å². The summed E-state index contributed by atoms with van der Waals surface area (Å²) < 4.78 is 0. The summed E-state index contributed by atoms with van der Waals surface area (Å²) in [4.78, 5) is 15.6. The van der Waals surface area contributed by atoms with E-state index in [1.807, 2.05) is 54.7 Å². The number of fused-ring (bicyclic) bond motifs is 1. The van der Waals surface area contributed by atoms with Crippen molar-refractivity contribution in [3.05, 3.63) is 85.1 Å². The molecule has 0 aliphatic heterocycles. The number of rotatable bonds is 5. The minimum atomic E-state index is -0.233. The number of hydrogen-bond donors (Lipinski definition) is 4. The van der Waals surface area contributed by atoms with E-state index in [1.165, 1.54) is 12.4 Å². The predicted octanol–water partition coefficient (Wildman–Crippen LogP) is 4.34. The summed E-state index contributed by atoms with van der Waals surface area (Å²) in [6.45, 7) is 0. The monoisotopic (exact) mass is 395 g/mol. The number of nitrogens with one attached hydrogen (secondary N) is 4. The molecule has 5 aromatic rings. The van der Waals surface area contributed by atoms with E-state index in [1.54, 1.807) is 12.3 Å². The fourth-order valence-corrected chi connectivity index (χ4v) is 3.21. The van der Waals surface area contributed by atoms with Crippen LogP contribution in [-0.2, 0) is 0 Å². The van der Waals surface area contributed by atoms with Gasteiger partial charge >= 0.3 is 0 Å². The summed E-state index contributed by atoms with van der Waals surface area (Å²) in [5.41, 5.74) is 5.96. The van der Waals surface area contributed by atoms with Crippen molar-refractivity contribution in [1.29, 1.82) is 0 Å². The van der Waals surface area contributed by atoms with Crippen LogP contribution in [0.5, 0.6) is 0 Å². The zero-order valence-electron chi connectivity index (χ0n) is 15.8. The normalized spacial score (nSPS) is 10.8. The van der Waals surface area contributed by atoms with Gasteiger partial charge in [0, 0.05) is 34.0 Å². The highest BCUT2D eigenvalue weighted by Gasteiger charge is 2.10. The maximum Gasteiger partial charge on any atom is 0.272 e. The highest BCUT2D eigenvalue weighted by atomic mass is 16.1. The molecule has 0 unspecified atom stereocenters. The molecule has 0 bridgehead atoms. The van der Waals surface area contributed by atoms with Crippen molar-refractivity contribution in [2.45, 2.75) is 0 Å². The van der Waals surface area contributed by atoms with Gasteiger partial charge in [0.25, 0.3) is 5.91 Å². The molecular weight excluding hydrogens is 378 g/mol. The molecule has 0 atom stereocenters. The lowest BCUT2D eigenvalue weighted by Gasteiger charge is -2.07. The van der Waals surface area contributed by atoms with E-state index in [0.717, 1.165) is 33.4 Å². The Morgan fingerprint density at radius 2 is 1.70 bits per heavy atom. The fraction of sp³-hybridized carbons (Fsp3) is 0. The largest absolute Gasteiger partial charge is 0.355 e. The number of benzene rings is 2. The first-order chi connectivity index (χ1) is 14.7. The number of hydrogen-bond acceptors (Lipinski definition) is 5. The first kappa shape index (κ1) is 17.6. The van der Waals surface area contributed by atoms with Gasteiger partial charge in [0.1, 0.15) is 5.69 Å². The lowest BCUT2D eigenvalue weighted by molar-refractivity contribution is 0.102. The quantitative estimate of drug-likeness (QED) is 0.354. The van der Waals surface area contributed by atoms with E-state index in [0.29, 0.717) is 11.4 Å². The number of amides is 1. The Morgan fingerprint density at radius 3 is 2.47 bits per heavy atom. The molecule has 0 saturated carbocycles. The molecular formula is C22H17N7O. The third-order valence-electron chi connectivity index (χ3n) is 4.71. The predicted molar refractivity (Wildman–Crippen MR) is 116 cm³/mol. The summed E-state index contributed by atoms with van der Waals surface area (Å²) >= 11 is 0. The van der Waals surface area contributed by atoms with Crippen LogP contribution >= 0.6 is 0 Å². The Hall–Kier alpha value is -4.46. The van der Waals surface area contributed by atoms with Crippen LogP contribution in [0.2, 0.25) is 0 Å². The van der Waals surface area contributed by atoms with Crippen LogP contribution in [-0.4, -0.2) is 31.3 Å². The average Bonchev–Trinajstić information content (AvgIpc) is 3.45. The molecule has 0 spiro atoms. The van der Waals surface area contributed by atoms with Gasteiger partial charge in [0.05, 0.1) is 24.3 Å². The van der Waals surface area contributed by atoms with Gasteiger partial charge in [-0.25, -0.2) is 0 Å². The molecule has 3 aromatic heterocycles. The molecule has 4 N–H and O–H groups in total. The molecule has 0 radical (unpaired) electrons. The van der Waals surface area contributed by atoms with Gasteiger partial charge < -0.3 is 15.6 Å².